The van der Waals surface area contributed by atoms with Crippen LogP contribution in [0.25, 0.3) is 0 Å². The summed E-state index contributed by atoms with van der Waals surface area (Å²) in [6.45, 7) is 4.08. The van der Waals surface area contributed by atoms with Gasteiger partial charge in [-0.05, 0) is 49.6 Å². The summed E-state index contributed by atoms with van der Waals surface area (Å²) in [6, 6.07) is 12.4. The number of hydrogen-bond donors (Lipinski definition) is 1. The second-order valence-corrected chi connectivity index (χ2v) is 6.50. The van der Waals surface area contributed by atoms with Crippen molar-refractivity contribution in [2.75, 3.05) is 19.0 Å². The number of nitrogens with one attached hydrogen (secondary N) is 1. The Balaban J connectivity index is 1.79. The molecule has 1 N–H and O–H groups in total. The van der Waals surface area contributed by atoms with Gasteiger partial charge in [-0.25, -0.2) is 0 Å². The standard InChI is InChI=1S/C20H27N3O/c1-15-6-5-13-21-19(15)14-16(2)22-20(24)12-9-17-7-10-18(11-8-17)23(3)4/h5-8,10-11,13,16H,9,12,14H2,1-4H3,(H,22,24)/t16-/m1/s1. The van der Waals surface area contributed by atoms with E-state index >= 15 is 0 Å². The topological polar surface area (TPSA) is 45.2 Å². The number of benzene rings is 1. The third-order valence-corrected chi connectivity index (χ3v) is 4.12. The average molecular weight is 325 g/mol. The molecule has 0 bridgehead atoms. The number of aryl methyl sites for hydroxylation is 2. The fraction of sp³-hybridized carbons (Fsp3) is 0.400. The molecule has 0 radical (unpaired) electrons. The van der Waals surface area contributed by atoms with Crippen LogP contribution in [-0.4, -0.2) is 31.0 Å². The van der Waals surface area contributed by atoms with E-state index in [2.05, 4.69) is 39.5 Å². The first-order chi connectivity index (χ1) is 11.5. The lowest BCUT2D eigenvalue weighted by Crippen LogP contribution is -2.34. The molecule has 4 nitrogen and oxygen atoms in total. The maximum Gasteiger partial charge on any atom is 0.220 e. The van der Waals surface area contributed by atoms with Gasteiger partial charge in [-0.15, -0.1) is 0 Å². The normalized spacial score (nSPS) is 11.8. The zero-order chi connectivity index (χ0) is 17.5. The fourth-order valence-corrected chi connectivity index (χ4v) is 2.64. The van der Waals surface area contributed by atoms with Crippen LogP contribution in [0.15, 0.2) is 42.6 Å². The molecular weight excluding hydrogens is 298 g/mol. The van der Waals surface area contributed by atoms with Crippen molar-refractivity contribution in [3.8, 4) is 0 Å². The van der Waals surface area contributed by atoms with E-state index in [9.17, 15) is 4.79 Å². The second-order valence-electron chi connectivity index (χ2n) is 6.50. The lowest BCUT2D eigenvalue weighted by atomic mass is 10.1. The van der Waals surface area contributed by atoms with Gasteiger partial charge in [0, 0.05) is 50.6 Å². The van der Waals surface area contributed by atoms with Crippen molar-refractivity contribution in [1.82, 2.24) is 10.3 Å². The van der Waals surface area contributed by atoms with Crippen molar-refractivity contribution in [3.63, 3.8) is 0 Å². The predicted octanol–water partition coefficient (Wildman–Crippen LogP) is 3.14. The summed E-state index contributed by atoms with van der Waals surface area (Å²) >= 11 is 0. The van der Waals surface area contributed by atoms with Crippen molar-refractivity contribution < 1.29 is 4.79 Å². The van der Waals surface area contributed by atoms with Gasteiger partial charge >= 0.3 is 0 Å². The van der Waals surface area contributed by atoms with Gasteiger partial charge in [-0.2, -0.15) is 0 Å². The van der Waals surface area contributed by atoms with Gasteiger partial charge in [0.15, 0.2) is 0 Å². The number of amides is 1. The maximum atomic E-state index is 12.1. The number of rotatable bonds is 7. The van der Waals surface area contributed by atoms with Crippen molar-refractivity contribution >= 4 is 11.6 Å². The Bertz CT molecular complexity index is 665. The molecule has 0 unspecified atom stereocenters. The van der Waals surface area contributed by atoms with Crippen LogP contribution in [0.4, 0.5) is 5.69 Å². The van der Waals surface area contributed by atoms with Gasteiger partial charge in [0.05, 0.1) is 0 Å². The Labute approximate surface area is 144 Å². The number of nitrogens with zero attached hydrogens (tertiary/aromatic N) is 2. The van der Waals surface area contributed by atoms with Crippen LogP contribution in [-0.2, 0) is 17.6 Å². The van der Waals surface area contributed by atoms with E-state index in [-0.39, 0.29) is 11.9 Å². The molecule has 1 atom stereocenters. The third-order valence-electron chi connectivity index (χ3n) is 4.12. The molecule has 1 aromatic carbocycles. The molecule has 0 spiro atoms. The molecule has 0 aliphatic rings. The molecule has 0 saturated heterocycles. The second kappa shape index (κ2) is 8.48. The summed E-state index contributed by atoms with van der Waals surface area (Å²) in [5.41, 5.74) is 4.57. The number of carbonyl (C=O) groups excluding carboxylic acids is 1. The molecule has 2 rings (SSSR count). The zero-order valence-electron chi connectivity index (χ0n) is 15.0. The first kappa shape index (κ1) is 18.0. The molecule has 0 fully saturated rings. The average Bonchev–Trinajstić information content (AvgIpc) is 2.55. The van der Waals surface area contributed by atoms with Crippen LogP contribution in [0.5, 0.6) is 0 Å². The van der Waals surface area contributed by atoms with Crippen LogP contribution in [0.1, 0.15) is 30.2 Å². The number of pyridine rings is 1. The van der Waals surface area contributed by atoms with Crippen molar-refractivity contribution in [3.05, 3.63) is 59.4 Å². The minimum absolute atomic E-state index is 0.0854. The molecule has 1 aromatic heterocycles. The van der Waals surface area contributed by atoms with E-state index in [4.69, 9.17) is 0 Å². The summed E-state index contributed by atoms with van der Waals surface area (Å²) in [5.74, 6) is 0.0905. The number of hydrogen-bond acceptors (Lipinski definition) is 3. The van der Waals surface area contributed by atoms with Crippen LogP contribution < -0.4 is 10.2 Å². The van der Waals surface area contributed by atoms with Crippen molar-refractivity contribution in [1.29, 1.82) is 0 Å². The molecule has 128 valence electrons. The fourth-order valence-electron chi connectivity index (χ4n) is 2.64. The highest BCUT2D eigenvalue weighted by atomic mass is 16.1. The van der Waals surface area contributed by atoms with E-state index < -0.39 is 0 Å². The van der Waals surface area contributed by atoms with E-state index in [1.807, 2.05) is 40.1 Å². The number of anilines is 1. The highest BCUT2D eigenvalue weighted by Gasteiger charge is 2.10. The Morgan fingerprint density at radius 3 is 2.54 bits per heavy atom. The molecule has 2 aromatic rings. The summed E-state index contributed by atoms with van der Waals surface area (Å²) in [4.78, 5) is 18.6. The molecule has 24 heavy (non-hydrogen) atoms. The minimum Gasteiger partial charge on any atom is -0.378 e. The molecule has 1 amide bonds. The molecular formula is C20H27N3O. The van der Waals surface area contributed by atoms with Gasteiger partial charge < -0.3 is 10.2 Å². The number of carbonyl (C=O) groups is 1. The summed E-state index contributed by atoms with van der Waals surface area (Å²) < 4.78 is 0. The first-order valence-electron chi connectivity index (χ1n) is 8.42. The third kappa shape index (κ3) is 5.37. The predicted molar refractivity (Wildman–Crippen MR) is 99.4 cm³/mol. The van der Waals surface area contributed by atoms with Crippen LogP contribution in [0.2, 0.25) is 0 Å². The summed E-state index contributed by atoms with van der Waals surface area (Å²) in [7, 11) is 4.04. The van der Waals surface area contributed by atoms with Crippen LogP contribution in [0.3, 0.4) is 0 Å². The smallest absolute Gasteiger partial charge is 0.220 e. The van der Waals surface area contributed by atoms with Gasteiger partial charge in [-0.3, -0.25) is 9.78 Å². The van der Waals surface area contributed by atoms with Gasteiger partial charge in [0.2, 0.25) is 5.91 Å². The van der Waals surface area contributed by atoms with Gasteiger partial charge in [0.25, 0.3) is 0 Å². The van der Waals surface area contributed by atoms with Crippen LogP contribution >= 0.6 is 0 Å². The Kier molecular flexibility index (Phi) is 6.36. The SMILES string of the molecule is Cc1cccnc1C[C@@H](C)NC(=O)CCc1ccc(N(C)C)cc1. The highest BCUT2D eigenvalue weighted by Crippen LogP contribution is 2.13. The highest BCUT2D eigenvalue weighted by molar-refractivity contribution is 5.76. The molecule has 4 heteroatoms. The molecule has 0 aliphatic heterocycles. The lowest BCUT2D eigenvalue weighted by Gasteiger charge is -2.15. The molecule has 0 aliphatic carbocycles. The van der Waals surface area contributed by atoms with Crippen molar-refractivity contribution in [2.24, 2.45) is 0 Å². The lowest BCUT2D eigenvalue weighted by molar-refractivity contribution is -0.121. The van der Waals surface area contributed by atoms with Crippen LogP contribution in [0, 0.1) is 6.92 Å². The first-order valence-corrected chi connectivity index (χ1v) is 8.42. The Morgan fingerprint density at radius 2 is 1.92 bits per heavy atom. The van der Waals surface area contributed by atoms with Gasteiger partial charge in [-0.1, -0.05) is 18.2 Å². The van der Waals surface area contributed by atoms with Crippen molar-refractivity contribution in [2.45, 2.75) is 39.2 Å². The summed E-state index contributed by atoms with van der Waals surface area (Å²) in [6.07, 6.45) is 3.83. The van der Waals surface area contributed by atoms with E-state index in [1.165, 1.54) is 16.8 Å². The van der Waals surface area contributed by atoms with Gasteiger partial charge in [0.1, 0.15) is 0 Å². The quantitative estimate of drug-likeness (QED) is 0.850. The van der Waals surface area contributed by atoms with E-state index in [0.717, 1.165) is 18.5 Å². The Morgan fingerprint density at radius 1 is 1.21 bits per heavy atom. The monoisotopic (exact) mass is 325 g/mol. The largest absolute Gasteiger partial charge is 0.378 e. The molecule has 1 heterocycles. The van der Waals surface area contributed by atoms with E-state index in [0.29, 0.717) is 6.42 Å². The Hall–Kier alpha value is -2.36. The maximum absolute atomic E-state index is 12.1. The summed E-state index contributed by atoms with van der Waals surface area (Å²) in [5, 5.41) is 3.07. The molecule has 0 saturated carbocycles. The minimum atomic E-state index is 0.0854. The van der Waals surface area contributed by atoms with E-state index in [1.54, 1.807) is 6.20 Å². The zero-order valence-corrected chi connectivity index (χ0v) is 15.0. The number of aromatic nitrogens is 1.